The van der Waals surface area contributed by atoms with Crippen molar-refractivity contribution in [3.05, 3.63) is 53.6 Å². The van der Waals surface area contributed by atoms with E-state index in [1.165, 1.54) is 0 Å². The van der Waals surface area contributed by atoms with E-state index in [0.29, 0.717) is 5.92 Å². The van der Waals surface area contributed by atoms with Gasteiger partial charge in [0.05, 0.1) is 6.61 Å². The van der Waals surface area contributed by atoms with Crippen molar-refractivity contribution >= 4 is 11.8 Å². The molecule has 1 atom stereocenters. The monoisotopic (exact) mass is 380 g/mol. The molecule has 0 amide bonds. The van der Waals surface area contributed by atoms with E-state index in [2.05, 4.69) is 21.7 Å². The van der Waals surface area contributed by atoms with Crippen LogP contribution in [0.4, 0.5) is 5.82 Å². The van der Waals surface area contributed by atoms with Gasteiger partial charge >= 0.3 is 5.97 Å². The average Bonchev–Trinajstić information content (AvgIpc) is 3.18. The second-order valence-electron chi connectivity index (χ2n) is 6.34. The van der Waals surface area contributed by atoms with Gasteiger partial charge in [0.2, 0.25) is 5.88 Å². The first-order valence-corrected chi connectivity index (χ1v) is 9.66. The molecule has 0 aliphatic carbocycles. The van der Waals surface area contributed by atoms with Crippen molar-refractivity contribution in [2.24, 2.45) is 5.92 Å². The first-order valence-electron chi connectivity index (χ1n) is 9.66. The van der Waals surface area contributed by atoms with Crippen LogP contribution in [-0.2, 0) is 9.53 Å². The van der Waals surface area contributed by atoms with E-state index >= 15 is 0 Å². The average molecular weight is 380 g/mol. The highest BCUT2D eigenvalue weighted by atomic mass is 16.5. The third-order valence-corrected chi connectivity index (χ3v) is 4.36. The lowest BCUT2D eigenvalue weighted by molar-refractivity contribution is -0.128. The Kier molecular flexibility index (Phi) is 8.51. The number of nitrogens with zero attached hydrogens (tertiary/aromatic N) is 2. The molecule has 1 aromatic heterocycles. The van der Waals surface area contributed by atoms with Crippen molar-refractivity contribution in [3.63, 3.8) is 0 Å². The summed E-state index contributed by atoms with van der Waals surface area (Å²) >= 11 is 0. The molecule has 0 bridgehead atoms. The fourth-order valence-corrected chi connectivity index (χ4v) is 3.00. The third-order valence-electron chi connectivity index (χ3n) is 4.36. The number of hydrogen-bond acceptors (Lipinski definition) is 5. The topological polar surface area (TPSA) is 51.7 Å². The van der Waals surface area contributed by atoms with Crippen LogP contribution in [0.15, 0.2) is 42.5 Å². The molecule has 1 aromatic carbocycles. The Labute approximate surface area is 167 Å². The Balaban J connectivity index is 0.00000136. The molecule has 0 N–H and O–H groups in total. The quantitative estimate of drug-likeness (QED) is 0.596. The van der Waals surface area contributed by atoms with Gasteiger partial charge in [-0.1, -0.05) is 44.0 Å². The number of pyridine rings is 1. The molecule has 1 saturated heterocycles. The summed E-state index contributed by atoms with van der Waals surface area (Å²) in [4.78, 5) is 18.6. The Morgan fingerprint density at radius 1 is 1.21 bits per heavy atom. The van der Waals surface area contributed by atoms with Crippen LogP contribution in [0, 0.1) is 24.7 Å². The number of hydrogen-bond donors (Lipinski definition) is 0. The number of ether oxygens (including phenoxy) is 2. The molecular formula is C23H28N2O3. The van der Waals surface area contributed by atoms with Gasteiger partial charge in [-0.05, 0) is 31.0 Å². The third kappa shape index (κ3) is 6.11. The standard InChI is InChI=1S/C21H22N2O3.C2H6/c1-16-6-3-4-7-18(16)10-11-21(24)26-20-9-5-8-19(22-20)23-13-12-17(14-23)15-25-2;1-2/h3-9,17H,12-15H2,1-2H3;1-2H3. The lowest BCUT2D eigenvalue weighted by Gasteiger charge is -2.17. The highest BCUT2D eigenvalue weighted by Gasteiger charge is 2.23. The molecule has 5 heteroatoms. The smallest absolute Gasteiger partial charge is 0.391 e. The lowest BCUT2D eigenvalue weighted by Crippen LogP contribution is -2.22. The number of anilines is 1. The van der Waals surface area contributed by atoms with Crippen LogP contribution < -0.4 is 9.64 Å². The second kappa shape index (κ2) is 11.1. The maximum atomic E-state index is 12.0. The fourth-order valence-electron chi connectivity index (χ4n) is 3.00. The summed E-state index contributed by atoms with van der Waals surface area (Å²) in [6.07, 6.45) is 1.07. The van der Waals surface area contributed by atoms with Gasteiger partial charge in [0.15, 0.2) is 0 Å². The van der Waals surface area contributed by atoms with Crippen molar-refractivity contribution < 1.29 is 14.3 Å². The maximum Gasteiger partial charge on any atom is 0.391 e. The molecule has 0 saturated carbocycles. The summed E-state index contributed by atoms with van der Waals surface area (Å²) in [6, 6.07) is 13.1. The first kappa shape index (κ1) is 21.5. The molecule has 2 heterocycles. The minimum absolute atomic E-state index is 0.266. The number of aromatic nitrogens is 1. The molecule has 3 rings (SSSR count). The molecule has 1 aliphatic heterocycles. The van der Waals surface area contributed by atoms with Crippen LogP contribution in [0.3, 0.4) is 0 Å². The molecule has 0 spiro atoms. The molecular weight excluding hydrogens is 352 g/mol. The molecule has 0 radical (unpaired) electrons. The van der Waals surface area contributed by atoms with Crippen molar-refractivity contribution in [1.29, 1.82) is 0 Å². The zero-order chi connectivity index (χ0) is 20.4. The number of aryl methyl sites for hydroxylation is 1. The van der Waals surface area contributed by atoms with Crippen LogP contribution >= 0.6 is 0 Å². The minimum Gasteiger partial charge on any atom is -0.398 e. The van der Waals surface area contributed by atoms with E-state index in [9.17, 15) is 4.79 Å². The Morgan fingerprint density at radius 3 is 2.75 bits per heavy atom. The van der Waals surface area contributed by atoms with Gasteiger partial charge in [-0.25, -0.2) is 4.79 Å². The van der Waals surface area contributed by atoms with E-state index in [4.69, 9.17) is 9.47 Å². The molecule has 28 heavy (non-hydrogen) atoms. The van der Waals surface area contributed by atoms with E-state index in [0.717, 1.165) is 43.1 Å². The maximum absolute atomic E-state index is 12.0. The zero-order valence-electron chi connectivity index (χ0n) is 17.1. The van der Waals surface area contributed by atoms with Crippen molar-refractivity contribution in [2.75, 3.05) is 31.7 Å². The normalized spacial score (nSPS) is 15.1. The summed E-state index contributed by atoms with van der Waals surface area (Å²) in [5.74, 6) is 6.33. The molecule has 148 valence electrons. The first-order chi connectivity index (χ1) is 13.7. The van der Waals surface area contributed by atoms with E-state index in [1.54, 1.807) is 13.2 Å². The summed E-state index contributed by atoms with van der Waals surface area (Å²) in [5.41, 5.74) is 1.83. The SMILES string of the molecule is CC.COCC1CCN(c2cccc(OC(=O)C#Cc3ccccc3C)n2)C1. The number of benzene rings is 1. The van der Waals surface area contributed by atoms with Gasteiger partial charge in [-0.15, -0.1) is 0 Å². The molecule has 1 fully saturated rings. The number of methoxy groups -OCH3 is 1. The Morgan fingerprint density at radius 2 is 2.00 bits per heavy atom. The highest BCUT2D eigenvalue weighted by Crippen LogP contribution is 2.24. The van der Waals surface area contributed by atoms with Gasteiger partial charge < -0.3 is 14.4 Å². The fraction of sp³-hybridized carbons (Fsp3) is 0.391. The van der Waals surface area contributed by atoms with Gasteiger partial charge in [0.25, 0.3) is 0 Å². The van der Waals surface area contributed by atoms with Crippen molar-refractivity contribution in [2.45, 2.75) is 27.2 Å². The molecule has 5 nitrogen and oxygen atoms in total. The van der Waals surface area contributed by atoms with E-state index in [-0.39, 0.29) is 5.88 Å². The zero-order valence-corrected chi connectivity index (χ0v) is 17.1. The molecule has 1 unspecified atom stereocenters. The summed E-state index contributed by atoms with van der Waals surface area (Å²) in [5, 5.41) is 0. The van der Waals surface area contributed by atoms with Crippen LogP contribution in [0.1, 0.15) is 31.4 Å². The predicted molar refractivity (Wildman–Crippen MR) is 111 cm³/mol. The number of esters is 1. The van der Waals surface area contributed by atoms with Gasteiger partial charge in [-0.3, -0.25) is 0 Å². The van der Waals surface area contributed by atoms with Crippen LogP contribution in [0.5, 0.6) is 5.88 Å². The summed E-state index contributed by atoms with van der Waals surface area (Å²) in [7, 11) is 1.72. The Bertz CT molecular complexity index is 839. The van der Waals surface area contributed by atoms with Crippen LogP contribution in [0.25, 0.3) is 0 Å². The van der Waals surface area contributed by atoms with Crippen molar-refractivity contribution in [3.8, 4) is 17.7 Å². The van der Waals surface area contributed by atoms with Gasteiger partial charge in [0, 0.05) is 43.7 Å². The highest BCUT2D eigenvalue weighted by molar-refractivity contribution is 5.90. The Hall–Kier alpha value is -2.84. The van der Waals surface area contributed by atoms with Crippen LogP contribution in [-0.4, -0.2) is 37.8 Å². The summed E-state index contributed by atoms with van der Waals surface area (Å²) in [6.45, 7) is 8.52. The van der Waals surface area contributed by atoms with Crippen molar-refractivity contribution in [1.82, 2.24) is 4.98 Å². The number of rotatable bonds is 4. The lowest BCUT2D eigenvalue weighted by atomic mass is 10.1. The van der Waals surface area contributed by atoms with E-state index < -0.39 is 5.97 Å². The van der Waals surface area contributed by atoms with Gasteiger partial charge in [-0.2, -0.15) is 4.98 Å². The van der Waals surface area contributed by atoms with Gasteiger partial charge in [0.1, 0.15) is 5.82 Å². The number of carbonyl (C=O) groups excluding carboxylic acids is 1. The predicted octanol–water partition coefficient (Wildman–Crippen LogP) is 3.85. The second-order valence-corrected chi connectivity index (χ2v) is 6.34. The minimum atomic E-state index is -0.614. The molecule has 2 aromatic rings. The molecule has 1 aliphatic rings. The largest absolute Gasteiger partial charge is 0.398 e. The number of carbonyl (C=O) groups is 1. The summed E-state index contributed by atoms with van der Waals surface area (Å²) < 4.78 is 10.5. The van der Waals surface area contributed by atoms with Crippen LogP contribution in [0.2, 0.25) is 0 Å². The van der Waals surface area contributed by atoms with E-state index in [1.807, 2.05) is 57.2 Å².